The largest absolute Gasteiger partial charge is 0.489 e. The van der Waals surface area contributed by atoms with Crippen LogP contribution >= 0.6 is 23.2 Å². The van der Waals surface area contributed by atoms with Crippen LogP contribution in [-0.4, -0.2) is 36.1 Å². The molecule has 3 unspecified atom stereocenters. The smallest absolute Gasteiger partial charge is 0.326 e. The molecule has 2 N–H and O–H groups in total. The molecule has 1 aliphatic rings. The Bertz CT molecular complexity index is 1110. The first-order chi connectivity index (χ1) is 16.9. The highest BCUT2D eigenvalue weighted by Crippen LogP contribution is 2.56. The quantitative estimate of drug-likeness (QED) is 0.422. The fraction of sp³-hybridized carbons (Fsp3) is 0.444. The van der Waals surface area contributed by atoms with Crippen LogP contribution in [0.1, 0.15) is 44.7 Å². The zero-order valence-electron chi connectivity index (χ0n) is 20.8. The monoisotopic (exact) mass is 535 g/mol. The summed E-state index contributed by atoms with van der Waals surface area (Å²) in [5, 5.41) is 13.5. The second-order valence-electron chi connectivity index (χ2n) is 9.87. The second-order valence-corrected chi connectivity index (χ2v) is 10.7. The van der Waals surface area contributed by atoms with Gasteiger partial charge < -0.3 is 19.9 Å². The number of carboxylic acid groups (broad SMARTS) is 1. The molecule has 2 aromatic rings. The lowest BCUT2D eigenvalue weighted by atomic mass is 9.65. The minimum Gasteiger partial charge on any atom is -0.489 e. The first-order valence-corrected chi connectivity index (χ1v) is 12.4. The highest BCUT2D eigenvalue weighted by Gasteiger charge is 2.58. The summed E-state index contributed by atoms with van der Waals surface area (Å²) in [6.45, 7) is 5.69. The van der Waals surface area contributed by atoms with E-state index in [0.29, 0.717) is 34.2 Å². The van der Waals surface area contributed by atoms with Gasteiger partial charge in [0, 0.05) is 27.9 Å². The van der Waals surface area contributed by atoms with Crippen molar-refractivity contribution in [3.63, 3.8) is 0 Å². The third-order valence-corrected chi connectivity index (χ3v) is 8.31. The van der Waals surface area contributed by atoms with Gasteiger partial charge in [-0.1, -0.05) is 55.2 Å². The fourth-order valence-electron chi connectivity index (χ4n) is 4.81. The van der Waals surface area contributed by atoms with E-state index >= 15 is 0 Å². The molecule has 3 atom stereocenters. The summed E-state index contributed by atoms with van der Waals surface area (Å²) in [6.07, 6.45) is 1.06. The Morgan fingerprint density at radius 3 is 2.25 bits per heavy atom. The summed E-state index contributed by atoms with van der Waals surface area (Å²) in [5.41, 5.74) is -0.129. The van der Waals surface area contributed by atoms with Crippen molar-refractivity contribution in [2.45, 2.75) is 52.7 Å². The van der Waals surface area contributed by atoms with E-state index in [0.717, 1.165) is 5.56 Å². The second kappa shape index (κ2) is 11.1. The molecule has 0 heterocycles. The standard InChI is InChI=1S/C27H31Cl2NO6/c1-26(2)19(12-13-27(26,3)25(34)35-4)23(31)30-22(24(32)33)14-16-8-10-17(11-9-16)36-15-18-20(28)6-5-7-21(18)29/h5-11,19,22H,12-15H2,1-4H3,(H,30,31)(H,32,33). The Hall–Kier alpha value is -2.77. The molecular weight excluding hydrogens is 505 g/mol. The number of methoxy groups -OCH3 is 1. The zero-order chi connectivity index (χ0) is 26.7. The average molecular weight is 536 g/mol. The first-order valence-electron chi connectivity index (χ1n) is 11.7. The minimum atomic E-state index is -1.14. The van der Waals surface area contributed by atoms with E-state index in [1.807, 2.05) is 13.8 Å². The van der Waals surface area contributed by atoms with Gasteiger partial charge in [0.2, 0.25) is 5.91 Å². The Morgan fingerprint density at radius 2 is 1.69 bits per heavy atom. The minimum absolute atomic E-state index is 0.0963. The third-order valence-electron chi connectivity index (χ3n) is 7.60. The lowest BCUT2D eigenvalue weighted by Gasteiger charge is -2.39. The van der Waals surface area contributed by atoms with Gasteiger partial charge >= 0.3 is 11.9 Å². The molecule has 0 saturated heterocycles. The SMILES string of the molecule is COC(=O)C1(C)CCC(C(=O)NC(Cc2ccc(OCc3c(Cl)cccc3Cl)cc2)C(=O)O)C1(C)C. The molecular formula is C27H31Cl2NO6. The number of hydrogen-bond acceptors (Lipinski definition) is 5. The van der Waals surface area contributed by atoms with Crippen molar-refractivity contribution >= 4 is 41.0 Å². The molecule has 7 nitrogen and oxygen atoms in total. The van der Waals surface area contributed by atoms with Crippen molar-refractivity contribution in [1.82, 2.24) is 5.32 Å². The molecule has 0 radical (unpaired) electrons. The molecule has 1 saturated carbocycles. The molecule has 2 aromatic carbocycles. The molecule has 3 rings (SSSR count). The van der Waals surface area contributed by atoms with Crippen LogP contribution in [0.15, 0.2) is 42.5 Å². The number of hydrogen-bond donors (Lipinski definition) is 2. The summed E-state index contributed by atoms with van der Waals surface area (Å²) in [4.78, 5) is 37.5. The molecule has 1 amide bonds. The highest BCUT2D eigenvalue weighted by atomic mass is 35.5. The van der Waals surface area contributed by atoms with Gasteiger partial charge in [-0.3, -0.25) is 9.59 Å². The molecule has 0 aliphatic heterocycles. The highest BCUT2D eigenvalue weighted by molar-refractivity contribution is 6.35. The number of nitrogens with one attached hydrogen (secondary N) is 1. The van der Waals surface area contributed by atoms with Crippen molar-refractivity contribution in [2.24, 2.45) is 16.7 Å². The lowest BCUT2D eigenvalue weighted by molar-refractivity contribution is -0.159. The van der Waals surface area contributed by atoms with Crippen molar-refractivity contribution < 1.29 is 29.0 Å². The molecule has 36 heavy (non-hydrogen) atoms. The van der Waals surface area contributed by atoms with Crippen LogP contribution in [0.4, 0.5) is 0 Å². The number of carbonyl (C=O) groups excluding carboxylic acids is 2. The van der Waals surface area contributed by atoms with Crippen LogP contribution in [0, 0.1) is 16.7 Å². The van der Waals surface area contributed by atoms with Crippen molar-refractivity contribution in [2.75, 3.05) is 7.11 Å². The van der Waals surface area contributed by atoms with E-state index in [9.17, 15) is 19.5 Å². The lowest BCUT2D eigenvalue weighted by Crippen LogP contribution is -2.50. The van der Waals surface area contributed by atoms with E-state index in [1.165, 1.54) is 7.11 Å². The molecule has 0 bridgehead atoms. The maximum atomic E-state index is 13.1. The Balaban J connectivity index is 1.64. The van der Waals surface area contributed by atoms with E-state index in [4.69, 9.17) is 32.7 Å². The van der Waals surface area contributed by atoms with Crippen LogP contribution in [0.2, 0.25) is 10.0 Å². The molecule has 9 heteroatoms. The van der Waals surface area contributed by atoms with E-state index < -0.39 is 28.8 Å². The summed E-state index contributed by atoms with van der Waals surface area (Å²) < 4.78 is 10.7. The number of aliphatic carboxylic acids is 1. The van der Waals surface area contributed by atoms with Gasteiger partial charge in [0.1, 0.15) is 18.4 Å². The normalized spacial score (nSPS) is 21.4. The average Bonchev–Trinajstić information content (AvgIpc) is 3.08. The predicted molar refractivity (Wildman–Crippen MR) is 137 cm³/mol. The molecule has 0 aromatic heterocycles. The number of carbonyl (C=O) groups is 3. The number of halogens is 2. The van der Waals surface area contributed by atoms with Crippen LogP contribution in [0.5, 0.6) is 5.75 Å². The van der Waals surface area contributed by atoms with Gasteiger partial charge in [-0.15, -0.1) is 0 Å². The van der Waals surface area contributed by atoms with Crippen LogP contribution in [0.3, 0.4) is 0 Å². The third kappa shape index (κ3) is 5.62. The zero-order valence-corrected chi connectivity index (χ0v) is 22.3. The summed E-state index contributed by atoms with van der Waals surface area (Å²) in [7, 11) is 1.33. The van der Waals surface area contributed by atoms with Crippen LogP contribution < -0.4 is 10.1 Å². The molecule has 1 aliphatic carbocycles. The van der Waals surface area contributed by atoms with E-state index in [-0.39, 0.29) is 24.9 Å². The summed E-state index contributed by atoms with van der Waals surface area (Å²) >= 11 is 12.4. The van der Waals surface area contributed by atoms with Gasteiger partial charge in [0.25, 0.3) is 0 Å². The van der Waals surface area contributed by atoms with E-state index in [2.05, 4.69) is 5.32 Å². The number of amides is 1. The maximum absolute atomic E-state index is 13.1. The van der Waals surface area contributed by atoms with Crippen molar-refractivity contribution in [3.05, 3.63) is 63.6 Å². The topological polar surface area (TPSA) is 102 Å². The molecule has 1 fully saturated rings. The van der Waals surface area contributed by atoms with Gasteiger partial charge in [-0.05, 0) is 55.0 Å². The predicted octanol–water partition coefficient (Wildman–Crippen LogP) is 5.30. The first kappa shape index (κ1) is 27.8. The molecule has 0 spiro atoms. The van der Waals surface area contributed by atoms with Crippen LogP contribution in [-0.2, 0) is 32.1 Å². The summed E-state index contributed by atoms with van der Waals surface area (Å²) in [6, 6.07) is 11.1. The Morgan fingerprint density at radius 1 is 1.08 bits per heavy atom. The van der Waals surface area contributed by atoms with Crippen molar-refractivity contribution in [1.29, 1.82) is 0 Å². The van der Waals surface area contributed by atoms with Gasteiger partial charge in [0.05, 0.1) is 12.5 Å². The van der Waals surface area contributed by atoms with Gasteiger partial charge in [-0.25, -0.2) is 4.79 Å². The Kier molecular flexibility index (Phi) is 8.57. The maximum Gasteiger partial charge on any atom is 0.326 e. The molecule has 194 valence electrons. The van der Waals surface area contributed by atoms with E-state index in [1.54, 1.807) is 49.4 Å². The number of ether oxygens (including phenoxy) is 2. The number of rotatable bonds is 9. The Labute approximate surface area is 221 Å². The number of carboxylic acids is 1. The van der Waals surface area contributed by atoms with Crippen molar-refractivity contribution in [3.8, 4) is 5.75 Å². The number of benzene rings is 2. The number of esters is 1. The summed E-state index contributed by atoms with van der Waals surface area (Å²) in [5.74, 6) is -1.83. The van der Waals surface area contributed by atoms with Gasteiger partial charge in [0.15, 0.2) is 0 Å². The van der Waals surface area contributed by atoms with Crippen LogP contribution in [0.25, 0.3) is 0 Å². The van der Waals surface area contributed by atoms with Gasteiger partial charge in [-0.2, -0.15) is 0 Å². The fourth-order valence-corrected chi connectivity index (χ4v) is 5.31.